The van der Waals surface area contributed by atoms with E-state index in [-0.39, 0.29) is 78.1 Å². The standard InChI is InChI=1S/C95H86O14/c96-87-46-28-2-1-3-29-47-88(97)108-95-91(89-83(104-64-72-42-24-10-25-43-72)54-76(98-58-66-30-12-4-13-31-66)55-85(89)107-93(95)75-49-51-79(100-60-68-34-16-6-17-35-68)82(53-75)103-63-71-40-22-9-23-41-71)90-84(105-65-73-44-26-11-27-45-73)57-80(101-61-69-36-18-7-19-37-69)77-56-86(106-87)92(109-94(77)90)74-48-50-78(99-59-67-32-14-5-15-33-67)81(52-74)102-62-70-38-20-8-21-39-70/h4-27,30-45,48-55,57,86,91-93,95H,1-3,28-29,46-47,56,58-65H2/t86-,91-,92+,93+,95-/m0/s1. The van der Waals surface area contributed by atoms with Crippen LogP contribution in [-0.2, 0) is 78.3 Å². The van der Waals surface area contributed by atoms with Crippen LogP contribution in [0.4, 0.5) is 0 Å². The molecular formula is C95H86O14. The normalized spacial score (nSPS) is 16.9. The summed E-state index contributed by atoms with van der Waals surface area (Å²) in [5.74, 6) is 2.26. The fourth-order valence-electron chi connectivity index (χ4n) is 14.1. The Labute approximate surface area is 636 Å². The van der Waals surface area contributed by atoms with Gasteiger partial charge >= 0.3 is 11.9 Å². The van der Waals surface area contributed by atoms with Gasteiger partial charge in [0.2, 0.25) is 0 Å². The predicted octanol–water partition coefficient (Wildman–Crippen LogP) is 20.8. The van der Waals surface area contributed by atoms with Crippen molar-refractivity contribution in [1.29, 1.82) is 0 Å². The quantitative estimate of drug-likeness (QED) is 0.0474. The molecule has 12 aromatic carbocycles. The van der Waals surface area contributed by atoms with Crippen molar-refractivity contribution < 1.29 is 66.4 Å². The Hall–Kier alpha value is -12.4. The summed E-state index contributed by atoms with van der Waals surface area (Å²) < 4.78 is 85.7. The molecule has 0 N–H and O–H groups in total. The lowest BCUT2D eigenvalue weighted by Gasteiger charge is -2.43. The number of hydrogen-bond donors (Lipinski definition) is 0. The van der Waals surface area contributed by atoms with Crippen LogP contribution >= 0.6 is 0 Å². The number of carbonyl (C=O) groups excluding carboxylic acids is 2. The van der Waals surface area contributed by atoms with E-state index in [2.05, 4.69) is 0 Å². The lowest BCUT2D eigenvalue weighted by molar-refractivity contribution is -0.157. The molecule has 0 spiro atoms. The molecule has 0 radical (unpaired) electrons. The van der Waals surface area contributed by atoms with Crippen molar-refractivity contribution in [2.45, 2.75) is 135 Å². The highest BCUT2D eigenvalue weighted by Crippen LogP contribution is 2.60. The predicted molar refractivity (Wildman–Crippen MR) is 416 cm³/mol. The first-order chi connectivity index (χ1) is 53.8. The van der Waals surface area contributed by atoms with E-state index >= 15 is 4.79 Å². The maximum atomic E-state index is 15.6. The molecule has 0 aromatic heterocycles. The van der Waals surface area contributed by atoms with Gasteiger partial charge in [0.25, 0.3) is 0 Å². The fourth-order valence-corrected chi connectivity index (χ4v) is 14.1. The van der Waals surface area contributed by atoms with Crippen LogP contribution < -0.4 is 47.4 Å². The highest BCUT2D eigenvalue weighted by atomic mass is 16.6. The zero-order chi connectivity index (χ0) is 73.8. The highest BCUT2D eigenvalue weighted by Gasteiger charge is 2.50. The molecule has 4 bridgehead atoms. The van der Waals surface area contributed by atoms with Gasteiger partial charge in [-0.15, -0.1) is 0 Å². The van der Waals surface area contributed by atoms with E-state index in [1.54, 1.807) is 0 Å². The van der Waals surface area contributed by atoms with Gasteiger partial charge in [0.15, 0.2) is 41.3 Å². The summed E-state index contributed by atoms with van der Waals surface area (Å²) in [6, 6.07) is 96.9. The number of hydrogen-bond acceptors (Lipinski definition) is 14. The van der Waals surface area contributed by atoms with E-state index < -0.39 is 36.3 Å². The zero-order valence-electron chi connectivity index (χ0n) is 60.7. The molecule has 14 nitrogen and oxygen atoms in total. The maximum absolute atomic E-state index is 15.6. The summed E-state index contributed by atoms with van der Waals surface area (Å²) in [7, 11) is 0. The lowest BCUT2D eigenvalue weighted by atomic mass is 9.77. The second kappa shape index (κ2) is 35.8. The minimum Gasteiger partial charge on any atom is -0.489 e. The van der Waals surface area contributed by atoms with Crippen molar-refractivity contribution in [3.63, 3.8) is 0 Å². The molecule has 0 saturated carbocycles. The van der Waals surface area contributed by atoms with E-state index in [9.17, 15) is 4.79 Å². The number of benzene rings is 12. The Morgan fingerprint density at radius 2 is 0.633 bits per heavy atom. The number of fused-ring (bicyclic) bond motifs is 12. The van der Waals surface area contributed by atoms with Gasteiger partial charge in [0.1, 0.15) is 93.5 Å². The molecular weight excluding hydrogens is 1370 g/mol. The molecule has 0 fully saturated rings. The number of rotatable bonds is 26. The molecule has 550 valence electrons. The van der Waals surface area contributed by atoms with E-state index in [4.69, 9.17) is 56.8 Å². The third kappa shape index (κ3) is 18.7. The lowest BCUT2D eigenvalue weighted by Crippen LogP contribution is -2.40. The van der Waals surface area contributed by atoms with Gasteiger partial charge in [-0.05, 0) is 81.6 Å². The van der Waals surface area contributed by atoms with Gasteiger partial charge < -0.3 is 56.8 Å². The molecule has 0 unspecified atom stereocenters. The first-order valence-electron chi connectivity index (χ1n) is 37.6. The first kappa shape index (κ1) is 72.2. The molecule has 5 atom stereocenters. The monoisotopic (exact) mass is 1450 g/mol. The van der Waals surface area contributed by atoms with Crippen LogP contribution in [0.3, 0.4) is 0 Å². The molecule has 14 heteroatoms. The van der Waals surface area contributed by atoms with Gasteiger partial charge in [-0.3, -0.25) is 9.59 Å². The van der Waals surface area contributed by atoms with Crippen LogP contribution in [0, 0.1) is 0 Å². The SMILES string of the molecule is O=C1CCCCCCCC(=O)O[C@H]2Cc3c(OCc4ccccc4)cc(OCc4ccccc4)c(c3O[C@@H]2c2ccc(OCc3ccccc3)c(OCc3ccccc3)c2)[C@@H]2c3c(OCc4ccccc4)cc(OCc4ccccc4)cc3O[C@H](c3ccc(OCc4ccccc4)c(OCc4ccccc4)c3)[C@H]2O1. The van der Waals surface area contributed by atoms with E-state index in [0.29, 0.717) is 105 Å². The summed E-state index contributed by atoms with van der Waals surface area (Å²) in [5, 5.41) is 0. The molecule has 4 aliphatic rings. The Balaban J connectivity index is 0.979. The third-order valence-corrected chi connectivity index (χ3v) is 19.7. The van der Waals surface area contributed by atoms with Crippen LogP contribution in [0.25, 0.3) is 0 Å². The number of ether oxygens (including phenoxy) is 12. The van der Waals surface area contributed by atoms with Crippen LogP contribution in [-0.4, -0.2) is 24.1 Å². The molecule has 4 aliphatic heterocycles. The summed E-state index contributed by atoms with van der Waals surface area (Å²) in [4.78, 5) is 30.4. The van der Waals surface area contributed by atoms with Crippen molar-refractivity contribution in [1.82, 2.24) is 0 Å². The van der Waals surface area contributed by atoms with Crippen LogP contribution in [0.2, 0.25) is 0 Å². The summed E-state index contributed by atoms with van der Waals surface area (Å²) >= 11 is 0. The number of esters is 2. The summed E-state index contributed by atoms with van der Waals surface area (Å²) in [6.45, 7) is 1.51. The van der Waals surface area contributed by atoms with Crippen LogP contribution in [0.1, 0.15) is 135 Å². The van der Waals surface area contributed by atoms with Gasteiger partial charge in [-0.2, -0.15) is 0 Å². The van der Waals surface area contributed by atoms with Gasteiger partial charge in [-0.1, -0.05) is 274 Å². The second-order valence-corrected chi connectivity index (χ2v) is 27.5. The Kier molecular flexibility index (Phi) is 23.7. The average Bonchev–Trinajstić information content (AvgIpc) is 0.718. The number of carbonyl (C=O) groups is 2. The van der Waals surface area contributed by atoms with Crippen molar-refractivity contribution >= 4 is 11.9 Å². The molecule has 0 amide bonds. The smallest absolute Gasteiger partial charge is 0.306 e. The first-order valence-corrected chi connectivity index (χ1v) is 37.6. The van der Waals surface area contributed by atoms with E-state index in [0.717, 1.165) is 57.3 Å². The largest absolute Gasteiger partial charge is 0.489 e. The Bertz CT molecular complexity index is 4940. The molecule has 0 saturated heterocycles. The van der Waals surface area contributed by atoms with Crippen LogP contribution in [0.5, 0.6) is 57.5 Å². The highest BCUT2D eigenvalue weighted by molar-refractivity contribution is 5.73. The molecule has 0 aliphatic carbocycles. The van der Waals surface area contributed by atoms with E-state index in [1.165, 1.54) is 0 Å². The zero-order valence-corrected chi connectivity index (χ0v) is 60.7. The van der Waals surface area contributed by atoms with Gasteiger partial charge in [0, 0.05) is 65.3 Å². The van der Waals surface area contributed by atoms with Crippen LogP contribution in [0.15, 0.2) is 297 Å². The van der Waals surface area contributed by atoms with Gasteiger partial charge in [0.05, 0.1) is 5.92 Å². The molecule has 12 aromatic rings. The molecule has 109 heavy (non-hydrogen) atoms. The topological polar surface area (TPSA) is 145 Å². The third-order valence-electron chi connectivity index (χ3n) is 19.7. The second-order valence-electron chi connectivity index (χ2n) is 27.5. The van der Waals surface area contributed by atoms with E-state index in [1.807, 2.05) is 297 Å². The average molecular weight is 1450 g/mol. The van der Waals surface area contributed by atoms with Crippen molar-refractivity contribution in [3.05, 3.63) is 370 Å². The summed E-state index contributed by atoms with van der Waals surface area (Å²) in [6.07, 6.45) is -0.707. The summed E-state index contributed by atoms with van der Waals surface area (Å²) in [5.41, 5.74) is 10.3. The molecule has 4 heterocycles. The fraction of sp³-hybridized carbons (Fsp3) is 0.221. The molecule has 16 rings (SSSR count). The minimum atomic E-state index is -1.25. The van der Waals surface area contributed by atoms with Crippen molar-refractivity contribution in [2.24, 2.45) is 0 Å². The maximum Gasteiger partial charge on any atom is 0.306 e. The van der Waals surface area contributed by atoms with Crippen molar-refractivity contribution in [3.8, 4) is 57.5 Å². The van der Waals surface area contributed by atoms with Gasteiger partial charge in [-0.25, -0.2) is 0 Å². The Morgan fingerprint density at radius 1 is 0.284 bits per heavy atom. The minimum absolute atomic E-state index is 0.0773. The Morgan fingerprint density at radius 3 is 1.06 bits per heavy atom. The van der Waals surface area contributed by atoms with Crippen molar-refractivity contribution in [2.75, 3.05) is 0 Å².